The first-order chi connectivity index (χ1) is 7.82. The molecule has 0 radical (unpaired) electrons. The van der Waals surface area contributed by atoms with Gasteiger partial charge >= 0.3 is 5.97 Å². The van der Waals surface area contributed by atoms with Crippen LogP contribution in [0.1, 0.15) is 6.92 Å². The van der Waals surface area contributed by atoms with Crippen molar-refractivity contribution in [3.05, 3.63) is 21.7 Å². The quantitative estimate of drug-likeness (QED) is 0.623. The molecule has 0 saturated carbocycles. The Hall–Kier alpha value is -0.550. The van der Waals surface area contributed by atoms with Crippen molar-refractivity contribution in [2.45, 2.75) is 17.9 Å². The number of methoxy groups -OCH3 is 1. The summed E-state index contributed by atoms with van der Waals surface area (Å²) in [4.78, 5) is 23.2. The van der Waals surface area contributed by atoms with Gasteiger partial charge in [-0.3, -0.25) is 4.79 Å². The molecule has 1 aliphatic carbocycles. The average molecular weight is 300 g/mol. The van der Waals surface area contributed by atoms with Crippen LogP contribution in [-0.4, -0.2) is 34.9 Å². The molecule has 7 heteroatoms. The number of hydrogen-bond donors (Lipinski definition) is 1. The monoisotopic (exact) mass is 298 g/mol. The van der Waals surface area contributed by atoms with E-state index in [9.17, 15) is 14.7 Å². The second-order valence-electron chi connectivity index (χ2n) is 3.31. The van der Waals surface area contributed by atoms with Crippen LogP contribution >= 0.6 is 34.8 Å². The Balaban J connectivity index is 3.48. The molecule has 0 aromatic rings. The maximum absolute atomic E-state index is 11.6. The van der Waals surface area contributed by atoms with Gasteiger partial charge in [-0.15, -0.1) is 11.6 Å². The molecule has 0 fully saturated rings. The predicted molar refractivity (Wildman–Crippen MR) is 64.1 cm³/mol. The molecule has 0 amide bonds. The van der Waals surface area contributed by atoms with Crippen molar-refractivity contribution in [3.63, 3.8) is 0 Å². The van der Waals surface area contributed by atoms with Gasteiger partial charge in [0.1, 0.15) is 5.38 Å². The normalized spacial score (nSPS) is 29.9. The summed E-state index contributed by atoms with van der Waals surface area (Å²) in [6, 6.07) is 0. The van der Waals surface area contributed by atoms with E-state index in [4.69, 9.17) is 34.8 Å². The number of allylic oxidation sites excluding steroid dienone is 2. The second-order valence-corrected chi connectivity index (χ2v) is 4.53. The molecule has 0 bridgehead atoms. The number of rotatable bonds is 2. The van der Waals surface area contributed by atoms with E-state index < -0.39 is 22.7 Å². The van der Waals surface area contributed by atoms with E-state index in [-0.39, 0.29) is 15.6 Å². The number of hydrogen-bond acceptors (Lipinski definition) is 4. The minimum Gasteiger partial charge on any atom is -0.467 e. The largest absolute Gasteiger partial charge is 0.467 e. The lowest BCUT2D eigenvalue weighted by Crippen LogP contribution is -2.48. The van der Waals surface area contributed by atoms with Crippen LogP contribution in [0.3, 0.4) is 0 Å². The van der Waals surface area contributed by atoms with E-state index in [0.29, 0.717) is 0 Å². The molecule has 94 valence electrons. The topological polar surface area (TPSA) is 63.6 Å². The summed E-state index contributed by atoms with van der Waals surface area (Å²) < 4.78 is 4.42. The Kier molecular flexibility index (Phi) is 4.25. The zero-order valence-electron chi connectivity index (χ0n) is 8.96. The number of aliphatic hydroxyl groups is 1. The van der Waals surface area contributed by atoms with Gasteiger partial charge < -0.3 is 9.84 Å². The Morgan fingerprint density at radius 1 is 1.59 bits per heavy atom. The number of esters is 1. The van der Waals surface area contributed by atoms with Crippen molar-refractivity contribution in [1.82, 2.24) is 0 Å². The Morgan fingerprint density at radius 2 is 2.12 bits per heavy atom. The van der Waals surface area contributed by atoms with Crippen LogP contribution in [0.25, 0.3) is 0 Å². The molecule has 1 N–H and O–H groups in total. The van der Waals surface area contributed by atoms with Gasteiger partial charge in [0.2, 0.25) is 5.60 Å². The fourth-order valence-electron chi connectivity index (χ4n) is 1.51. The van der Waals surface area contributed by atoms with E-state index >= 15 is 0 Å². The standard InChI is InChI=1S/C10H9Cl3O4/c1-3-4(11)5-6(12)7(14)8(13)10(5,16)9(15)17-2/h3,8,16H,1-2H3. The smallest absolute Gasteiger partial charge is 0.344 e. The van der Waals surface area contributed by atoms with Gasteiger partial charge in [-0.2, -0.15) is 0 Å². The van der Waals surface area contributed by atoms with Crippen molar-refractivity contribution in [2.24, 2.45) is 0 Å². The van der Waals surface area contributed by atoms with Gasteiger partial charge in [0.05, 0.1) is 12.1 Å². The highest BCUT2D eigenvalue weighted by Gasteiger charge is 2.58. The van der Waals surface area contributed by atoms with Gasteiger partial charge in [0.25, 0.3) is 0 Å². The lowest BCUT2D eigenvalue weighted by molar-refractivity contribution is -0.158. The van der Waals surface area contributed by atoms with Crippen LogP contribution in [0, 0.1) is 0 Å². The maximum atomic E-state index is 11.6. The average Bonchev–Trinajstić information content (AvgIpc) is 2.50. The van der Waals surface area contributed by atoms with E-state index in [1.807, 2.05) is 0 Å². The van der Waals surface area contributed by atoms with Gasteiger partial charge in [0.15, 0.2) is 5.78 Å². The highest BCUT2D eigenvalue weighted by molar-refractivity contribution is 6.53. The Bertz CT molecular complexity index is 441. The summed E-state index contributed by atoms with van der Waals surface area (Å²) >= 11 is 17.3. The minimum absolute atomic E-state index is 0.0283. The highest BCUT2D eigenvalue weighted by atomic mass is 35.5. The second kappa shape index (κ2) is 4.98. The molecule has 0 heterocycles. The first-order valence-electron chi connectivity index (χ1n) is 4.53. The fourth-order valence-corrected chi connectivity index (χ4v) is 2.52. The van der Waals surface area contributed by atoms with E-state index in [0.717, 1.165) is 7.11 Å². The molecule has 0 aliphatic heterocycles. The summed E-state index contributed by atoms with van der Waals surface area (Å²) in [5, 5.41) is 8.30. The van der Waals surface area contributed by atoms with Crippen LogP contribution in [0.5, 0.6) is 0 Å². The fraction of sp³-hybridized carbons (Fsp3) is 0.400. The number of halogens is 3. The highest BCUT2D eigenvalue weighted by Crippen LogP contribution is 2.44. The SMILES string of the molecule is CC=C(Cl)C1=C(Cl)C(=O)C(Cl)C1(O)C(=O)OC. The first-order valence-corrected chi connectivity index (χ1v) is 5.73. The molecule has 1 rings (SSSR count). The zero-order valence-corrected chi connectivity index (χ0v) is 11.2. The van der Waals surface area contributed by atoms with Gasteiger partial charge in [-0.1, -0.05) is 29.3 Å². The number of carbonyl (C=O) groups is 2. The third kappa shape index (κ3) is 1.99. The molecular weight excluding hydrogens is 290 g/mol. The summed E-state index contributed by atoms with van der Waals surface area (Å²) in [5.41, 5.74) is -2.58. The molecule has 2 unspecified atom stereocenters. The van der Waals surface area contributed by atoms with Crippen molar-refractivity contribution in [2.75, 3.05) is 7.11 Å². The number of Topliss-reactive ketones (excluding diaryl/α,β-unsaturated/α-hetero) is 1. The van der Waals surface area contributed by atoms with Crippen LogP contribution in [0.4, 0.5) is 0 Å². The molecule has 2 atom stereocenters. The molecular formula is C10H9Cl3O4. The summed E-state index contributed by atoms with van der Waals surface area (Å²) in [7, 11) is 1.06. The van der Waals surface area contributed by atoms with Gasteiger partial charge in [-0.25, -0.2) is 4.79 Å². The van der Waals surface area contributed by atoms with Crippen molar-refractivity contribution in [3.8, 4) is 0 Å². The van der Waals surface area contributed by atoms with Crippen LogP contribution < -0.4 is 0 Å². The number of alkyl halides is 1. The molecule has 0 saturated heterocycles. The van der Waals surface area contributed by atoms with Crippen LogP contribution in [-0.2, 0) is 14.3 Å². The van der Waals surface area contributed by atoms with E-state index in [1.54, 1.807) is 6.92 Å². The van der Waals surface area contributed by atoms with Crippen LogP contribution in [0.15, 0.2) is 21.7 Å². The Morgan fingerprint density at radius 3 is 2.53 bits per heavy atom. The molecule has 0 spiro atoms. The third-order valence-corrected chi connectivity index (χ3v) is 3.70. The van der Waals surface area contributed by atoms with Gasteiger partial charge in [-0.05, 0) is 6.92 Å². The Labute approximate surface area is 113 Å². The zero-order chi connectivity index (χ0) is 13.4. The number of carbonyl (C=O) groups excluding carboxylic acids is 2. The number of ether oxygens (including phenoxy) is 1. The number of ketones is 1. The molecule has 0 aromatic heterocycles. The molecule has 4 nitrogen and oxygen atoms in total. The molecule has 17 heavy (non-hydrogen) atoms. The van der Waals surface area contributed by atoms with E-state index in [1.165, 1.54) is 6.08 Å². The predicted octanol–water partition coefficient (Wildman–Crippen LogP) is 1.72. The summed E-state index contributed by atoms with van der Waals surface area (Å²) in [6.07, 6.45) is 1.38. The summed E-state index contributed by atoms with van der Waals surface area (Å²) in [6.45, 7) is 1.56. The lowest BCUT2D eigenvalue weighted by atomic mass is 9.94. The maximum Gasteiger partial charge on any atom is 0.344 e. The van der Waals surface area contributed by atoms with Crippen LogP contribution in [0.2, 0.25) is 0 Å². The van der Waals surface area contributed by atoms with Gasteiger partial charge in [0, 0.05) is 10.6 Å². The first kappa shape index (κ1) is 14.5. The third-order valence-electron chi connectivity index (χ3n) is 2.40. The molecule has 0 aromatic carbocycles. The van der Waals surface area contributed by atoms with E-state index in [2.05, 4.69) is 4.74 Å². The lowest BCUT2D eigenvalue weighted by Gasteiger charge is -2.25. The van der Waals surface area contributed by atoms with Crippen molar-refractivity contribution < 1.29 is 19.4 Å². The van der Waals surface area contributed by atoms with Crippen molar-refractivity contribution >= 4 is 46.6 Å². The minimum atomic E-state index is -2.35. The molecule has 1 aliphatic rings. The summed E-state index contributed by atoms with van der Waals surface area (Å²) in [5.74, 6) is -1.85. The van der Waals surface area contributed by atoms with Crippen molar-refractivity contribution in [1.29, 1.82) is 0 Å².